The Labute approximate surface area is 129 Å². The molecule has 2 aromatic rings. The van der Waals surface area contributed by atoms with Crippen LogP contribution in [-0.4, -0.2) is 28.2 Å². The summed E-state index contributed by atoms with van der Waals surface area (Å²) in [6.45, 7) is 6.15. The van der Waals surface area contributed by atoms with Crippen LogP contribution in [0, 0.1) is 6.92 Å². The average Bonchev–Trinajstić information content (AvgIpc) is 2.95. The van der Waals surface area contributed by atoms with Gasteiger partial charge < -0.3 is 14.0 Å². The highest BCUT2D eigenvalue weighted by molar-refractivity contribution is 5.87. The van der Waals surface area contributed by atoms with E-state index in [-0.39, 0.29) is 17.6 Å². The van der Waals surface area contributed by atoms with Crippen molar-refractivity contribution < 1.29 is 14.3 Å². The van der Waals surface area contributed by atoms with Gasteiger partial charge in [0.25, 0.3) is 0 Å². The van der Waals surface area contributed by atoms with E-state index in [2.05, 4.69) is 24.9 Å². The maximum absolute atomic E-state index is 12.0. The first-order valence-electron chi connectivity index (χ1n) is 7.31. The zero-order valence-corrected chi connectivity index (χ0v) is 13.3. The van der Waals surface area contributed by atoms with E-state index < -0.39 is 0 Å². The Balaban J connectivity index is 2.13. The summed E-state index contributed by atoms with van der Waals surface area (Å²) in [4.78, 5) is 16.1. The van der Waals surface area contributed by atoms with Crippen LogP contribution in [0.2, 0.25) is 0 Å². The van der Waals surface area contributed by atoms with Gasteiger partial charge >= 0.3 is 5.97 Å². The fourth-order valence-electron chi connectivity index (χ4n) is 3.00. The number of ether oxygens (including phenoxy) is 2. The summed E-state index contributed by atoms with van der Waals surface area (Å²) in [5.74, 6) is 0.479. The van der Waals surface area contributed by atoms with Gasteiger partial charge in [0.15, 0.2) is 0 Å². The number of hydrogen-bond donors (Lipinski definition) is 0. The molecule has 0 amide bonds. The lowest BCUT2D eigenvalue weighted by Crippen LogP contribution is -2.37. The number of benzene rings is 1. The van der Waals surface area contributed by atoms with Gasteiger partial charge in [-0.25, -0.2) is 9.78 Å². The number of nitrogens with zero attached hydrogens (tertiary/aromatic N) is 2. The van der Waals surface area contributed by atoms with Crippen molar-refractivity contribution in [3.8, 4) is 5.75 Å². The van der Waals surface area contributed by atoms with Crippen LogP contribution in [0.4, 0.5) is 0 Å². The van der Waals surface area contributed by atoms with Crippen molar-refractivity contribution in [2.24, 2.45) is 0 Å². The summed E-state index contributed by atoms with van der Waals surface area (Å²) in [5, 5.41) is 0. The van der Waals surface area contributed by atoms with Gasteiger partial charge in [0, 0.05) is 12.0 Å². The first kappa shape index (κ1) is 14.6. The van der Waals surface area contributed by atoms with Gasteiger partial charge in [-0.1, -0.05) is 17.7 Å². The van der Waals surface area contributed by atoms with E-state index in [1.54, 1.807) is 12.5 Å². The summed E-state index contributed by atoms with van der Waals surface area (Å²) in [6.07, 6.45) is 3.98. The van der Waals surface area contributed by atoms with E-state index >= 15 is 0 Å². The van der Waals surface area contributed by atoms with Crippen LogP contribution in [-0.2, 0) is 4.74 Å². The number of esters is 1. The minimum Gasteiger partial charge on any atom is -0.487 e. The maximum atomic E-state index is 12.0. The van der Waals surface area contributed by atoms with Crippen LogP contribution < -0.4 is 4.74 Å². The van der Waals surface area contributed by atoms with E-state index in [1.807, 2.05) is 23.6 Å². The molecule has 0 aliphatic carbocycles. The third-order valence-electron chi connectivity index (χ3n) is 3.99. The summed E-state index contributed by atoms with van der Waals surface area (Å²) in [6, 6.07) is 6.13. The minimum absolute atomic E-state index is 0.00440. The number of rotatable bonds is 2. The highest BCUT2D eigenvalue weighted by atomic mass is 16.5. The van der Waals surface area contributed by atoms with Crippen LogP contribution in [0.3, 0.4) is 0 Å². The number of fused-ring (bicyclic) bond motifs is 1. The second-order valence-electron chi connectivity index (χ2n) is 6.30. The predicted octanol–water partition coefficient (Wildman–Crippen LogP) is 3.13. The Hall–Kier alpha value is -2.30. The van der Waals surface area contributed by atoms with Crippen molar-refractivity contribution in [1.29, 1.82) is 0 Å². The second kappa shape index (κ2) is 5.16. The highest BCUT2D eigenvalue weighted by Crippen LogP contribution is 2.42. The lowest BCUT2D eigenvalue weighted by Gasteiger charge is -2.38. The van der Waals surface area contributed by atoms with Crippen LogP contribution in [0.5, 0.6) is 5.75 Å². The molecule has 2 heterocycles. The smallest absolute Gasteiger partial charge is 0.356 e. The molecular weight excluding hydrogens is 280 g/mol. The molecule has 1 aliphatic rings. The highest BCUT2D eigenvalue weighted by Gasteiger charge is 2.36. The number of aromatic nitrogens is 2. The van der Waals surface area contributed by atoms with E-state index in [0.29, 0.717) is 5.69 Å². The standard InChI is InChI=1S/C17H20N2O3/c1-11-5-6-15-12(7-11)13(8-17(2,3)22-15)19-10-18-9-14(19)16(20)21-4/h5-7,9-10,13H,8H2,1-4H3. The van der Waals surface area contributed by atoms with E-state index in [9.17, 15) is 4.79 Å². The van der Waals surface area contributed by atoms with Gasteiger partial charge in [-0.05, 0) is 26.8 Å². The number of imidazole rings is 1. The Kier molecular flexibility index (Phi) is 3.43. The lowest BCUT2D eigenvalue weighted by atomic mass is 9.88. The Morgan fingerprint density at radius 1 is 1.45 bits per heavy atom. The second-order valence-corrected chi connectivity index (χ2v) is 6.30. The van der Waals surface area contributed by atoms with Gasteiger partial charge in [0.1, 0.15) is 17.0 Å². The molecule has 0 saturated heterocycles. The Morgan fingerprint density at radius 2 is 2.23 bits per heavy atom. The average molecular weight is 300 g/mol. The molecule has 1 unspecified atom stereocenters. The molecule has 0 saturated carbocycles. The molecule has 1 aliphatic heterocycles. The minimum atomic E-state index is -0.379. The lowest BCUT2D eigenvalue weighted by molar-refractivity contribution is 0.0547. The number of carbonyl (C=O) groups excluding carboxylic acids is 1. The van der Waals surface area contributed by atoms with Crippen molar-refractivity contribution in [1.82, 2.24) is 9.55 Å². The third-order valence-corrected chi connectivity index (χ3v) is 3.99. The zero-order chi connectivity index (χ0) is 15.9. The van der Waals surface area contributed by atoms with Crippen LogP contribution in [0.1, 0.15) is 47.9 Å². The summed E-state index contributed by atoms with van der Waals surface area (Å²) in [7, 11) is 1.38. The van der Waals surface area contributed by atoms with Gasteiger partial charge in [-0.15, -0.1) is 0 Å². The quantitative estimate of drug-likeness (QED) is 0.800. The molecule has 116 valence electrons. The first-order chi connectivity index (χ1) is 10.4. The van der Waals surface area contributed by atoms with Gasteiger partial charge in [0.05, 0.1) is 25.7 Å². The molecule has 0 spiro atoms. The number of aryl methyl sites for hydroxylation is 1. The monoisotopic (exact) mass is 300 g/mol. The molecule has 5 heteroatoms. The molecular formula is C17H20N2O3. The molecule has 1 atom stereocenters. The van der Waals surface area contributed by atoms with Gasteiger partial charge in [-0.2, -0.15) is 0 Å². The molecule has 5 nitrogen and oxygen atoms in total. The van der Waals surface area contributed by atoms with Crippen molar-refractivity contribution in [2.75, 3.05) is 7.11 Å². The summed E-state index contributed by atoms with van der Waals surface area (Å²) < 4.78 is 12.8. The predicted molar refractivity (Wildman–Crippen MR) is 82.2 cm³/mol. The number of methoxy groups -OCH3 is 1. The topological polar surface area (TPSA) is 53.3 Å². The summed E-state index contributed by atoms with van der Waals surface area (Å²) in [5.41, 5.74) is 2.37. The maximum Gasteiger partial charge on any atom is 0.356 e. The number of carbonyl (C=O) groups is 1. The van der Waals surface area contributed by atoms with E-state index in [4.69, 9.17) is 9.47 Å². The van der Waals surface area contributed by atoms with E-state index in [1.165, 1.54) is 7.11 Å². The normalized spacial score (nSPS) is 19.2. The molecule has 3 rings (SSSR count). The Morgan fingerprint density at radius 3 is 2.95 bits per heavy atom. The van der Waals surface area contributed by atoms with Crippen molar-refractivity contribution in [2.45, 2.75) is 38.8 Å². The van der Waals surface area contributed by atoms with Crippen molar-refractivity contribution in [3.05, 3.63) is 47.5 Å². The largest absolute Gasteiger partial charge is 0.487 e. The molecule has 0 bridgehead atoms. The molecule has 0 fully saturated rings. The molecule has 0 radical (unpaired) electrons. The van der Waals surface area contributed by atoms with Gasteiger partial charge in [0.2, 0.25) is 0 Å². The Bertz CT molecular complexity index is 718. The molecule has 1 aromatic carbocycles. The first-order valence-corrected chi connectivity index (χ1v) is 7.31. The van der Waals surface area contributed by atoms with Crippen LogP contribution in [0.15, 0.2) is 30.7 Å². The summed E-state index contributed by atoms with van der Waals surface area (Å²) >= 11 is 0. The molecule has 1 aromatic heterocycles. The van der Waals surface area contributed by atoms with Crippen molar-refractivity contribution in [3.63, 3.8) is 0 Å². The SMILES string of the molecule is COC(=O)c1cncn1C1CC(C)(C)Oc2ccc(C)cc21. The molecule has 0 N–H and O–H groups in total. The fourth-order valence-corrected chi connectivity index (χ4v) is 3.00. The third kappa shape index (κ3) is 2.47. The van der Waals surface area contributed by atoms with Crippen LogP contribution >= 0.6 is 0 Å². The fraction of sp³-hybridized carbons (Fsp3) is 0.412. The van der Waals surface area contributed by atoms with E-state index in [0.717, 1.165) is 23.3 Å². The zero-order valence-electron chi connectivity index (χ0n) is 13.3. The number of hydrogen-bond acceptors (Lipinski definition) is 4. The van der Waals surface area contributed by atoms with Crippen molar-refractivity contribution >= 4 is 5.97 Å². The van der Waals surface area contributed by atoms with Crippen LogP contribution in [0.25, 0.3) is 0 Å². The molecule has 22 heavy (non-hydrogen) atoms. The van der Waals surface area contributed by atoms with Gasteiger partial charge in [-0.3, -0.25) is 0 Å².